The van der Waals surface area contributed by atoms with E-state index in [1.807, 2.05) is 0 Å². The minimum atomic E-state index is -1.79. The standard InChI is InChI=1S/C24H27F2N5O4/c25-16-11-24(12-16,19(32)20(27)33)30-22(35)18(13-23(26)6-1-2-7-23)29-21(34)15-4-3-5-17(10-15)31-9-8-28-14-31/h3-5,8-10,14,16,18H,1-2,6-7,11-13H2,(H2,27,33)(H,29,34)(H,30,35)/t16-,18-,24-/m0/s1. The van der Waals surface area contributed by atoms with Gasteiger partial charge in [0.25, 0.3) is 11.8 Å². The van der Waals surface area contributed by atoms with E-state index in [2.05, 4.69) is 15.6 Å². The van der Waals surface area contributed by atoms with Crippen LogP contribution in [0.15, 0.2) is 43.0 Å². The molecule has 2 aliphatic rings. The van der Waals surface area contributed by atoms with E-state index >= 15 is 4.39 Å². The molecule has 2 aliphatic carbocycles. The van der Waals surface area contributed by atoms with Crippen molar-refractivity contribution < 1.29 is 28.0 Å². The molecule has 1 aromatic carbocycles. The number of nitrogens with zero attached hydrogens (tertiary/aromatic N) is 2. The number of alkyl halides is 2. The van der Waals surface area contributed by atoms with Crippen LogP contribution in [0.5, 0.6) is 0 Å². The SMILES string of the molecule is NC(=O)C(=O)[C@]1(NC(=O)[C@H](CC2(F)CCCC2)NC(=O)c2cccc(-n3ccnc3)c2)C[C@H](F)C1. The van der Waals surface area contributed by atoms with Crippen LogP contribution in [0.1, 0.15) is 55.3 Å². The molecular formula is C24H27F2N5O4. The van der Waals surface area contributed by atoms with Crippen LogP contribution in [-0.4, -0.2) is 56.5 Å². The van der Waals surface area contributed by atoms with Gasteiger partial charge in [0, 0.05) is 42.9 Å². The lowest BCUT2D eigenvalue weighted by Gasteiger charge is -2.43. The fourth-order valence-electron chi connectivity index (χ4n) is 4.85. The Labute approximate surface area is 200 Å². The maximum Gasteiger partial charge on any atom is 0.287 e. The molecule has 1 heterocycles. The van der Waals surface area contributed by atoms with E-state index < -0.39 is 59.8 Å². The number of aromatic nitrogens is 2. The summed E-state index contributed by atoms with van der Waals surface area (Å²) in [5.41, 5.74) is 2.52. The quantitative estimate of drug-likeness (QED) is 0.463. The first-order valence-corrected chi connectivity index (χ1v) is 11.5. The van der Waals surface area contributed by atoms with Crippen LogP contribution in [0, 0.1) is 0 Å². The van der Waals surface area contributed by atoms with Gasteiger partial charge in [0.2, 0.25) is 11.7 Å². The number of carbonyl (C=O) groups excluding carboxylic acids is 4. The van der Waals surface area contributed by atoms with Gasteiger partial charge in [0.05, 0.1) is 6.33 Å². The topological polar surface area (TPSA) is 136 Å². The molecule has 9 nitrogen and oxygen atoms in total. The Morgan fingerprint density at radius 2 is 1.91 bits per heavy atom. The molecule has 35 heavy (non-hydrogen) atoms. The third-order valence-corrected chi connectivity index (χ3v) is 6.76. The summed E-state index contributed by atoms with van der Waals surface area (Å²) in [7, 11) is 0. The average molecular weight is 488 g/mol. The number of nitrogens with two attached hydrogens (primary N) is 1. The van der Waals surface area contributed by atoms with Gasteiger partial charge in [-0.3, -0.25) is 19.2 Å². The van der Waals surface area contributed by atoms with E-state index in [9.17, 15) is 23.6 Å². The number of primary amides is 1. The third-order valence-electron chi connectivity index (χ3n) is 6.76. The minimum absolute atomic E-state index is 0.226. The molecule has 0 bridgehead atoms. The molecule has 3 amide bonds. The summed E-state index contributed by atoms with van der Waals surface area (Å²) in [5.74, 6) is -3.91. The van der Waals surface area contributed by atoms with Crippen molar-refractivity contribution in [3.63, 3.8) is 0 Å². The fraction of sp³-hybridized carbons (Fsp3) is 0.458. The molecule has 11 heteroatoms. The van der Waals surface area contributed by atoms with Gasteiger partial charge in [0.15, 0.2) is 0 Å². The highest BCUT2D eigenvalue weighted by atomic mass is 19.1. The fourth-order valence-corrected chi connectivity index (χ4v) is 4.85. The zero-order chi connectivity index (χ0) is 25.2. The molecule has 4 rings (SSSR count). The van der Waals surface area contributed by atoms with Crippen molar-refractivity contribution in [2.45, 2.75) is 68.4 Å². The van der Waals surface area contributed by atoms with Crippen LogP contribution < -0.4 is 16.4 Å². The van der Waals surface area contributed by atoms with Crippen molar-refractivity contribution in [3.8, 4) is 5.69 Å². The van der Waals surface area contributed by atoms with Gasteiger partial charge in [-0.05, 0) is 31.0 Å². The number of Topliss-reactive ketones (excluding diaryl/α,β-unsaturated/α-hetero) is 1. The van der Waals surface area contributed by atoms with Crippen molar-refractivity contribution >= 4 is 23.5 Å². The summed E-state index contributed by atoms with van der Waals surface area (Å²) >= 11 is 0. The second-order valence-corrected chi connectivity index (χ2v) is 9.38. The molecule has 0 unspecified atom stereocenters. The summed E-state index contributed by atoms with van der Waals surface area (Å²) in [6.45, 7) is 0. The van der Waals surface area contributed by atoms with Crippen molar-refractivity contribution in [1.29, 1.82) is 0 Å². The van der Waals surface area contributed by atoms with Crippen molar-refractivity contribution in [2.24, 2.45) is 5.73 Å². The van der Waals surface area contributed by atoms with Gasteiger partial charge in [-0.15, -0.1) is 0 Å². The van der Waals surface area contributed by atoms with E-state index in [4.69, 9.17) is 5.73 Å². The van der Waals surface area contributed by atoms with Crippen LogP contribution >= 0.6 is 0 Å². The number of nitrogens with one attached hydrogen (secondary N) is 2. The Morgan fingerprint density at radius 3 is 2.51 bits per heavy atom. The van der Waals surface area contributed by atoms with E-state index in [0.29, 0.717) is 18.5 Å². The number of ketones is 1. The van der Waals surface area contributed by atoms with Crippen LogP contribution in [0.3, 0.4) is 0 Å². The zero-order valence-corrected chi connectivity index (χ0v) is 19.0. The lowest BCUT2D eigenvalue weighted by atomic mass is 9.71. The first kappa shape index (κ1) is 24.5. The van der Waals surface area contributed by atoms with Crippen LogP contribution in [0.4, 0.5) is 8.78 Å². The Hall–Kier alpha value is -3.63. The highest BCUT2D eigenvalue weighted by molar-refractivity contribution is 6.39. The van der Waals surface area contributed by atoms with Gasteiger partial charge in [-0.25, -0.2) is 13.8 Å². The summed E-state index contributed by atoms with van der Waals surface area (Å²) in [6.07, 6.45) is 4.11. The summed E-state index contributed by atoms with van der Waals surface area (Å²) in [5, 5.41) is 4.97. The molecule has 0 saturated heterocycles. The van der Waals surface area contributed by atoms with Gasteiger partial charge < -0.3 is 20.9 Å². The van der Waals surface area contributed by atoms with Crippen LogP contribution in [-0.2, 0) is 14.4 Å². The predicted octanol–water partition coefficient (Wildman–Crippen LogP) is 1.68. The molecule has 0 radical (unpaired) electrons. The predicted molar refractivity (Wildman–Crippen MR) is 121 cm³/mol. The largest absolute Gasteiger partial charge is 0.363 e. The second-order valence-electron chi connectivity index (χ2n) is 9.38. The molecule has 0 spiro atoms. The number of benzene rings is 1. The Bertz CT molecular complexity index is 1120. The highest BCUT2D eigenvalue weighted by Crippen LogP contribution is 2.38. The minimum Gasteiger partial charge on any atom is -0.363 e. The van der Waals surface area contributed by atoms with Gasteiger partial charge >= 0.3 is 0 Å². The number of carbonyl (C=O) groups is 4. The van der Waals surface area contributed by atoms with E-state index in [-0.39, 0.29) is 24.8 Å². The molecule has 2 saturated carbocycles. The second kappa shape index (κ2) is 9.55. The smallest absolute Gasteiger partial charge is 0.287 e. The first-order chi connectivity index (χ1) is 16.6. The first-order valence-electron chi connectivity index (χ1n) is 11.5. The average Bonchev–Trinajstić information content (AvgIpc) is 3.49. The summed E-state index contributed by atoms with van der Waals surface area (Å²) < 4.78 is 30.7. The molecule has 1 aromatic heterocycles. The monoisotopic (exact) mass is 487 g/mol. The van der Waals surface area contributed by atoms with E-state index in [1.54, 1.807) is 47.6 Å². The van der Waals surface area contributed by atoms with E-state index in [1.165, 1.54) is 0 Å². The Morgan fingerprint density at radius 1 is 1.20 bits per heavy atom. The molecule has 2 fully saturated rings. The third kappa shape index (κ3) is 5.23. The molecule has 0 aliphatic heterocycles. The number of amides is 3. The lowest BCUT2D eigenvalue weighted by molar-refractivity contribution is -0.147. The van der Waals surface area contributed by atoms with E-state index in [0.717, 1.165) is 0 Å². The van der Waals surface area contributed by atoms with Crippen LogP contribution in [0.25, 0.3) is 5.69 Å². The van der Waals surface area contributed by atoms with Crippen molar-refractivity contribution in [1.82, 2.24) is 20.2 Å². The number of rotatable bonds is 9. The molecular weight excluding hydrogens is 460 g/mol. The lowest BCUT2D eigenvalue weighted by Crippen LogP contribution is -2.68. The van der Waals surface area contributed by atoms with Gasteiger partial charge in [-0.2, -0.15) is 0 Å². The molecule has 186 valence electrons. The van der Waals surface area contributed by atoms with Crippen molar-refractivity contribution in [2.75, 3.05) is 0 Å². The normalized spacial score (nSPS) is 23.7. The maximum atomic E-state index is 15.4. The Balaban J connectivity index is 1.55. The summed E-state index contributed by atoms with van der Waals surface area (Å²) in [4.78, 5) is 54.0. The van der Waals surface area contributed by atoms with Gasteiger partial charge in [0.1, 0.15) is 23.4 Å². The summed E-state index contributed by atoms with van der Waals surface area (Å²) in [6, 6.07) is 5.21. The van der Waals surface area contributed by atoms with Crippen molar-refractivity contribution in [3.05, 3.63) is 48.5 Å². The maximum absolute atomic E-state index is 15.4. The Kier molecular flexibility index (Phi) is 6.68. The number of imidazole rings is 1. The number of halogens is 2. The number of hydrogen-bond donors (Lipinski definition) is 3. The number of hydrogen-bond acceptors (Lipinski definition) is 5. The zero-order valence-electron chi connectivity index (χ0n) is 19.0. The molecule has 4 N–H and O–H groups in total. The van der Waals surface area contributed by atoms with Crippen LogP contribution in [0.2, 0.25) is 0 Å². The highest BCUT2D eigenvalue weighted by Gasteiger charge is 2.54. The molecule has 2 aromatic rings. The molecule has 1 atom stereocenters. The van der Waals surface area contributed by atoms with Gasteiger partial charge in [-0.1, -0.05) is 18.9 Å².